The second-order valence-corrected chi connectivity index (χ2v) is 8.96. The van der Waals surface area contributed by atoms with Crippen molar-refractivity contribution in [2.45, 2.75) is 11.8 Å². The Bertz CT molecular complexity index is 1110. The number of nitrogens with zero attached hydrogens (tertiary/aromatic N) is 1. The van der Waals surface area contributed by atoms with E-state index in [0.29, 0.717) is 11.3 Å². The summed E-state index contributed by atoms with van der Waals surface area (Å²) in [5, 5.41) is -0.128. The predicted molar refractivity (Wildman–Crippen MR) is 114 cm³/mol. The van der Waals surface area contributed by atoms with E-state index in [9.17, 15) is 18.0 Å². The first-order valence-corrected chi connectivity index (χ1v) is 11.1. The lowest BCUT2D eigenvalue weighted by Crippen LogP contribution is -2.13. The largest absolute Gasteiger partial charge is 0.293 e. The molecule has 2 aromatic carbocycles. The Morgan fingerprint density at radius 1 is 0.966 bits per heavy atom. The highest BCUT2D eigenvalue weighted by atomic mass is 32.2. The van der Waals surface area contributed by atoms with Crippen molar-refractivity contribution in [3.05, 3.63) is 78.5 Å². The number of anilines is 1. The molecule has 0 amide bonds. The maximum atomic E-state index is 12.6. The van der Waals surface area contributed by atoms with E-state index < -0.39 is 10.0 Å². The number of hydrogen-bond donors (Lipinski definition) is 1. The summed E-state index contributed by atoms with van der Waals surface area (Å²) in [4.78, 5) is 27.3. The monoisotopic (exact) mass is 426 g/mol. The number of benzene rings is 2. The molecule has 1 N–H and O–H groups in total. The summed E-state index contributed by atoms with van der Waals surface area (Å²) in [5.41, 5.74) is 2.33. The lowest BCUT2D eigenvalue weighted by Gasteiger charge is -2.09. The number of ketones is 1. The van der Waals surface area contributed by atoms with Crippen LogP contribution >= 0.6 is 11.8 Å². The number of sulfonamides is 1. The van der Waals surface area contributed by atoms with Crippen LogP contribution in [0.15, 0.2) is 77.8 Å². The van der Waals surface area contributed by atoms with Crippen molar-refractivity contribution >= 4 is 38.4 Å². The standard InChI is InChI=1S/C21H18N2O4S2/c1-15(24)28-14-21(25)17-5-9-18(10-6-17)23-29(26,27)19-11-7-16(8-12-19)20-4-2-3-13-22-20/h2-13,23H,14H2,1H3. The zero-order chi connectivity index (χ0) is 20.9. The van der Waals surface area contributed by atoms with Gasteiger partial charge in [-0.2, -0.15) is 0 Å². The Kier molecular flexibility index (Phi) is 6.46. The van der Waals surface area contributed by atoms with Crippen molar-refractivity contribution in [1.82, 2.24) is 4.98 Å². The molecule has 0 bridgehead atoms. The fourth-order valence-corrected chi connectivity index (χ4v) is 4.09. The van der Waals surface area contributed by atoms with Gasteiger partial charge in [0.25, 0.3) is 10.0 Å². The molecule has 0 radical (unpaired) electrons. The first-order valence-electron chi connectivity index (χ1n) is 8.66. The van der Waals surface area contributed by atoms with Crippen molar-refractivity contribution < 1.29 is 18.0 Å². The van der Waals surface area contributed by atoms with E-state index in [1.54, 1.807) is 18.3 Å². The quantitative estimate of drug-likeness (QED) is 0.574. The molecule has 0 saturated heterocycles. The first kappa shape index (κ1) is 20.8. The number of aromatic nitrogens is 1. The molecule has 148 valence electrons. The van der Waals surface area contributed by atoms with Crippen LogP contribution in [0, 0.1) is 0 Å². The lowest BCUT2D eigenvalue weighted by molar-refractivity contribution is -0.109. The van der Waals surface area contributed by atoms with Crippen molar-refractivity contribution in [2.75, 3.05) is 10.5 Å². The fraction of sp³-hybridized carbons (Fsp3) is 0.0952. The molecule has 1 heterocycles. The van der Waals surface area contributed by atoms with Gasteiger partial charge in [-0.1, -0.05) is 30.0 Å². The van der Waals surface area contributed by atoms with E-state index in [1.807, 2.05) is 18.2 Å². The van der Waals surface area contributed by atoms with Gasteiger partial charge in [0, 0.05) is 29.9 Å². The number of nitrogens with one attached hydrogen (secondary N) is 1. The van der Waals surface area contributed by atoms with Crippen molar-refractivity contribution in [2.24, 2.45) is 0 Å². The third kappa shape index (κ3) is 5.52. The molecule has 0 atom stereocenters. The number of pyridine rings is 1. The molecule has 1 aromatic heterocycles. The minimum absolute atomic E-state index is 0.0586. The molecule has 0 aliphatic carbocycles. The molecule has 6 nitrogen and oxygen atoms in total. The number of carbonyl (C=O) groups excluding carboxylic acids is 2. The molecule has 0 saturated carbocycles. The van der Waals surface area contributed by atoms with Gasteiger partial charge in [0.15, 0.2) is 10.9 Å². The Hall–Kier alpha value is -2.97. The van der Waals surface area contributed by atoms with Gasteiger partial charge in [0.1, 0.15) is 0 Å². The Labute approximate surface area is 173 Å². The van der Waals surface area contributed by atoms with E-state index in [4.69, 9.17) is 0 Å². The molecule has 0 fully saturated rings. The number of carbonyl (C=O) groups is 2. The second-order valence-electron chi connectivity index (χ2n) is 6.13. The van der Waals surface area contributed by atoms with E-state index in [-0.39, 0.29) is 21.5 Å². The number of thioether (sulfide) groups is 1. The lowest BCUT2D eigenvalue weighted by atomic mass is 10.1. The molecule has 8 heteroatoms. The molecule has 0 aliphatic rings. The Morgan fingerprint density at radius 3 is 2.24 bits per heavy atom. The van der Waals surface area contributed by atoms with E-state index in [0.717, 1.165) is 23.0 Å². The van der Waals surface area contributed by atoms with Gasteiger partial charge in [-0.05, 0) is 48.5 Å². The highest BCUT2D eigenvalue weighted by molar-refractivity contribution is 8.14. The number of hydrogen-bond acceptors (Lipinski definition) is 6. The van der Waals surface area contributed by atoms with Gasteiger partial charge >= 0.3 is 0 Å². The molecule has 3 aromatic rings. The molecular formula is C21H18N2O4S2. The summed E-state index contributed by atoms with van der Waals surface area (Å²) in [5.74, 6) is -0.132. The smallest absolute Gasteiger partial charge is 0.261 e. The topological polar surface area (TPSA) is 93.2 Å². The van der Waals surface area contributed by atoms with Gasteiger partial charge in [-0.15, -0.1) is 0 Å². The molecule has 0 unspecified atom stereocenters. The van der Waals surface area contributed by atoms with Gasteiger partial charge in [0.05, 0.1) is 16.3 Å². The average molecular weight is 427 g/mol. The number of rotatable bonds is 7. The van der Waals surface area contributed by atoms with Crippen LogP contribution in [0.25, 0.3) is 11.3 Å². The normalized spacial score (nSPS) is 11.1. The van der Waals surface area contributed by atoms with Crippen LogP contribution in [0.5, 0.6) is 0 Å². The van der Waals surface area contributed by atoms with Crippen LogP contribution in [0.1, 0.15) is 17.3 Å². The van der Waals surface area contributed by atoms with E-state index in [2.05, 4.69) is 9.71 Å². The summed E-state index contributed by atoms with van der Waals surface area (Å²) in [7, 11) is -3.77. The second kappa shape index (κ2) is 9.02. The van der Waals surface area contributed by atoms with Gasteiger partial charge in [0.2, 0.25) is 0 Å². The van der Waals surface area contributed by atoms with Gasteiger partial charge in [-0.3, -0.25) is 19.3 Å². The van der Waals surface area contributed by atoms with Crippen LogP contribution in [0.2, 0.25) is 0 Å². The summed E-state index contributed by atoms with van der Waals surface area (Å²) in [6.45, 7) is 1.40. The molecule has 0 spiro atoms. The number of Topliss-reactive ketones (excluding diaryl/α,β-unsaturated/α-hetero) is 1. The highest BCUT2D eigenvalue weighted by Gasteiger charge is 2.15. The molecule has 29 heavy (non-hydrogen) atoms. The summed E-state index contributed by atoms with van der Waals surface area (Å²) in [6.07, 6.45) is 1.68. The third-order valence-electron chi connectivity index (χ3n) is 3.99. The van der Waals surface area contributed by atoms with Crippen LogP contribution in [0.3, 0.4) is 0 Å². The van der Waals surface area contributed by atoms with Crippen LogP contribution in [0.4, 0.5) is 5.69 Å². The molecule has 3 rings (SSSR count). The summed E-state index contributed by atoms with van der Waals surface area (Å²) >= 11 is 0.941. The van der Waals surface area contributed by atoms with E-state index in [1.165, 1.54) is 43.3 Å². The minimum atomic E-state index is -3.77. The van der Waals surface area contributed by atoms with Gasteiger partial charge in [-0.25, -0.2) is 8.42 Å². The Balaban J connectivity index is 1.70. The minimum Gasteiger partial charge on any atom is -0.293 e. The summed E-state index contributed by atoms with van der Waals surface area (Å²) in [6, 6.07) is 18.1. The van der Waals surface area contributed by atoms with E-state index >= 15 is 0 Å². The van der Waals surface area contributed by atoms with Crippen LogP contribution in [-0.2, 0) is 14.8 Å². The highest BCUT2D eigenvalue weighted by Crippen LogP contribution is 2.21. The van der Waals surface area contributed by atoms with Crippen LogP contribution in [-0.4, -0.2) is 30.1 Å². The zero-order valence-corrected chi connectivity index (χ0v) is 17.2. The SMILES string of the molecule is CC(=O)SCC(=O)c1ccc(NS(=O)(=O)c2ccc(-c3ccccn3)cc2)cc1. The Morgan fingerprint density at radius 2 is 1.66 bits per heavy atom. The molecular weight excluding hydrogens is 408 g/mol. The van der Waals surface area contributed by atoms with Gasteiger partial charge < -0.3 is 0 Å². The van der Waals surface area contributed by atoms with Crippen molar-refractivity contribution in [3.63, 3.8) is 0 Å². The van der Waals surface area contributed by atoms with Crippen molar-refractivity contribution in [3.8, 4) is 11.3 Å². The maximum Gasteiger partial charge on any atom is 0.261 e. The third-order valence-corrected chi connectivity index (χ3v) is 6.20. The average Bonchev–Trinajstić information content (AvgIpc) is 2.73. The maximum absolute atomic E-state index is 12.6. The molecule has 0 aliphatic heterocycles. The van der Waals surface area contributed by atoms with Crippen LogP contribution < -0.4 is 4.72 Å². The predicted octanol–water partition coefficient (Wildman–Crippen LogP) is 4.01. The zero-order valence-electron chi connectivity index (χ0n) is 15.5. The first-order chi connectivity index (χ1) is 13.8. The summed E-state index contributed by atoms with van der Waals surface area (Å²) < 4.78 is 27.7. The fourth-order valence-electron chi connectivity index (χ4n) is 2.53. The van der Waals surface area contributed by atoms with Crippen molar-refractivity contribution in [1.29, 1.82) is 0 Å².